The molecule has 2 amide bonds. The second-order valence-electron chi connectivity index (χ2n) is 14.8. The quantitative estimate of drug-likeness (QED) is 0.303. The van der Waals surface area contributed by atoms with Crippen LogP contribution in [0.2, 0.25) is 0 Å². The summed E-state index contributed by atoms with van der Waals surface area (Å²) in [5.41, 5.74) is -0.439. The predicted octanol–water partition coefficient (Wildman–Crippen LogP) is 5.22. The summed E-state index contributed by atoms with van der Waals surface area (Å²) in [6.07, 6.45) is 1.78. The van der Waals surface area contributed by atoms with Gasteiger partial charge in [0.05, 0.1) is 11.7 Å². The Balaban J connectivity index is 1.42. The van der Waals surface area contributed by atoms with E-state index in [4.69, 9.17) is 9.47 Å². The number of carbonyl (C=O) groups is 2. The minimum Gasteiger partial charge on any atom is -0.444 e. The van der Waals surface area contributed by atoms with Crippen LogP contribution < -0.4 is 9.64 Å². The van der Waals surface area contributed by atoms with Crippen molar-refractivity contribution in [3.63, 3.8) is 0 Å². The molecule has 2 aromatic rings. The monoisotopic (exact) mass is 671 g/mol. The molecule has 2 aliphatic heterocycles. The van der Waals surface area contributed by atoms with Crippen molar-refractivity contribution >= 4 is 17.8 Å². The van der Waals surface area contributed by atoms with Crippen molar-refractivity contribution in [2.75, 3.05) is 50.7 Å². The molecule has 0 aliphatic carbocycles. The summed E-state index contributed by atoms with van der Waals surface area (Å²) in [6, 6.07) is 3.98. The van der Waals surface area contributed by atoms with Crippen molar-refractivity contribution < 1.29 is 28.6 Å². The summed E-state index contributed by atoms with van der Waals surface area (Å²) in [5.74, 6) is 0.331. The highest BCUT2D eigenvalue weighted by atomic mass is 19.1. The Kier molecular flexibility index (Phi) is 11.9. The number of amides is 2. The molecule has 1 spiro atoms. The molecule has 48 heavy (non-hydrogen) atoms. The van der Waals surface area contributed by atoms with Crippen LogP contribution in [0.5, 0.6) is 11.6 Å². The van der Waals surface area contributed by atoms with Crippen LogP contribution >= 0.6 is 0 Å². The summed E-state index contributed by atoms with van der Waals surface area (Å²) in [7, 11) is 0. The Morgan fingerprint density at radius 1 is 1.10 bits per heavy atom. The molecule has 266 valence electrons. The van der Waals surface area contributed by atoms with Gasteiger partial charge in [-0.3, -0.25) is 9.69 Å². The lowest BCUT2D eigenvalue weighted by Crippen LogP contribution is -2.62. The number of halogens is 1. The van der Waals surface area contributed by atoms with Gasteiger partial charge in [0.25, 0.3) is 11.8 Å². The van der Waals surface area contributed by atoms with Crippen LogP contribution in [0.4, 0.5) is 15.0 Å². The smallest absolute Gasteiger partial charge is 0.410 e. The van der Waals surface area contributed by atoms with Gasteiger partial charge in [0, 0.05) is 63.3 Å². The Morgan fingerprint density at radius 2 is 1.81 bits per heavy atom. The average Bonchev–Trinajstić information content (AvgIpc) is 3.44. The molecular weight excluding hydrogens is 617 g/mol. The fourth-order valence-electron chi connectivity index (χ4n) is 6.84. The molecular formula is C35H54FN7O5. The predicted molar refractivity (Wildman–Crippen MR) is 182 cm³/mol. The van der Waals surface area contributed by atoms with Gasteiger partial charge in [-0.1, -0.05) is 13.8 Å². The Morgan fingerprint density at radius 3 is 2.42 bits per heavy atom. The number of aromatic nitrogens is 3. The topological polar surface area (TPSA) is 124 Å². The summed E-state index contributed by atoms with van der Waals surface area (Å²) in [6.45, 7) is 21.8. The van der Waals surface area contributed by atoms with Crippen LogP contribution in [0.25, 0.3) is 0 Å². The fraction of sp³-hybridized carbons (Fsp3) is 0.686. The molecule has 1 aromatic heterocycles. The highest BCUT2D eigenvalue weighted by Crippen LogP contribution is 2.44. The lowest BCUT2D eigenvalue weighted by Gasteiger charge is -2.53. The van der Waals surface area contributed by atoms with E-state index in [2.05, 4.69) is 38.8 Å². The van der Waals surface area contributed by atoms with Gasteiger partial charge >= 0.3 is 6.09 Å². The molecule has 1 N–H and O–H groups in total. The van der Waals surface area contributed by atoms with E-state index >= 15 is 0 Å². The van der Waals surface area contributed by atoms with Gasteiger partial charge in [-0.2, -0.15) is 0 Å². The SMILES string of the molecule is CCN(CC(O)CC(C(C)C)N1CC2(CCN(c3ncnnc3Oc3ccc(F)cc3C(=O)N(CC)C(C)C)C2)C1)C(=O)OC(C)(C)C. The molecule has 13 heteroatoms. The number of hydrogen-bond acceptors (Lipinski definition) is 10. The summed E-state index contributed by atoms with van der Waals surface area (Å²) in [4.78, 5) is 38.3. The number of carbonyl (C=O) groups excluding carboxylic acids is 2. The van der Waals surface area contributed by atoms with E-state index in [1.807, 2.05) is 48.5 Å². The summed E-state index contributed by atoms with van der Waals surface area (Å²) >= 11 is 0. The number of likely N-dealkylation sites (N-methyl/N-ethyl adjacent to an activating group) is 1. The fourth-order valence-corrected chi connectivity index (χ4v) is 6.84. The zero-order chi connectivity index (χ0) is 35.4. The van der Waals surface area contributed by atoms with Crippen molar-refractivity contribution in [1.82, 2.24) is 29.9 Å². The molecule has 0 saturated carbocycles. The maximum Gasteiger partial charge on any atom is 0.410 e. The number of aliphatic hydroxyl groups excluding tert-OH is 1. The number of rotatable bonds is 13. The van der Waals surface area contributed by atoms with Crippen LogP contribution in [-0.2, 0) is 4.74 Å². The van der Waals surface area contributed by atoms with Crippen molar-refractivity contribution in [2.45, 2.75) is 98.9 Å². The second kappa shape index (κ2) is 15.3. The molecule has 4 rings (SSSR count). The molecule has 2 saturated heterocycles. The van der Waals surface area contributed by atoms with Crippen LogP contribution in [0, 0.1) is 17.2 Å². The molecule has 2 unspecified atom stereocenters. The van der Waals surface area contributed by atoms with E-state index in [0.29, 0.717) is 31.2 Å². The number of benzene rings is 1. The standard InChI is InChI=1S/C35H54FN7O5/c1-10-40(33(46)48-34(7,8)9)18-26(44)17-28(23(3)4)42-20-35(21-42)14-15-41(19-35)30-31(39-38-22-37-30)47-29-13-12-25(36)16-27(29)32(45)43(11-2)24(5)6/h12-13,16,22-24,26,28,44H,10-11,14-15,17-21H2,1-9H3. The second-order valence-corrected chi connectivity index (χ2v) is 14.8. The van der Waals surface area contributed by atoms with Gasteiger partial charge in [0.2, 0.25) is 0 Å². The molecule has 1 aromatic carbocycles. The van der Waals surface area contributed by atoms with E-state index in [1.54, 1.807) is 9.80 Å². The van der Waals surface area contributed by atoms with E-state index in [1.165, 1.54) is 24.5 Å². The maximum absolute atomic E-state index is 14.3. The Hall–Kier alpha value is -3.58. The molecule has 0 radical (unpaired) electrons. The number of ether oxygens (including phenoxy) is 2. The molecule has 12 nitrogen and oxygen atoms in total. The number of nitrogens with zero attached hydrogens (tertiary/aromatic N) is 7. The van der Waals surface area contributed by atoms with Gasteiger partial charge in [-0.05, 0) is 85.4 Å². The number of anilines is 1. The highest BCUT2D eigenvalue weighted by Gasteiger charge is 2.50. The molecule has 2 fully saturated rings. The zero-order valence-electron chi connectivity index (χ0n) is 30.1. The highest BCUT2D eigenvalue weighted by molar-refractivity contribution is 5.97. The van der Waals surface area contributed by atoms with Gasteiger partial charge in [0.1, 0.15) is 23.5 Å². The van der Waals surface area contributed by atoms with Gasteiger partial charge in [-0.25, -0.2) is 14.2 Å². The van der Waals surface area contributed by atoms with Crippen molar-refractivity contribution in [1.29, 1.82) is 0 Å². The zero-order valence-corrected chi connectivity index (χ0v) is 30.1. The van der Waals surface area contributed by atoms with E-state index in [9.17, 15) is 19.1 Å². The van der Waals surface area contributed by atoms with Crippen LogP contribution in [0.1, 0.15) is 85.5 Å². The van der Waals surface area contributed by atoms with Gasteiger partial charge < -0.3 is 29.3 Å². The van der Waals surface area contributed by atoms with Crippen molar-refractivity contribution in [3.05, 3.63) is 35.9 Å². The van der Waals surface area contributed by atoms with E-state index in [0.717, 1.165) is 32.6 Å². The van der Waals surface area contributed by atoms with Gasteiger partial charge in [-0.15, -0.1) is 10.2 Å². The van der Waals surface area contributed by atoms with Crippen molar-refractivity contribution in [3.8, 4) is 11.6 Å². The van der Waals surface area contributed by atoms with Gasteiger partial charge in [0.15, 0.2) is 5.82 Å². The number of hydrogen-bond donors (Lipinski definition) is 1. The van der Waals surface area contributed by atoms with Crippen LogP contribution in [0.3, 0.4) is 0 Å². The van der Waals surface area contributed by atoms with Crippen LogP contribution in [-0.4, -0.2) is 117 Å². The first-order valence-electron chi connectivity index (χ1n) is 17.2. The Bertz CT molecular complexity index is 1410. The molecule has 2 aliphatic rings. The first kappa shape index (κ1) is 37.2. The minimum atomic E-state index is -0.679. The molecule has 3 heterocycles. The third kappa shape index (κ3) is 8.90. The largest absolute Gasteiger partial charge is 0.444 e. The van der Waals surface area contributed by atoms with Crippen LogP contribution in [0.15, 0.2) is 24.5 Å². The first-order valence-corrected chi connectivity index (χ1v) is 17.2. The summed E-state index contributed by atoms with van der Waals surface area (Å²) in [5, 5.41) is 19.2. The minimum absolute atomic E-state index is 0.0438. The third-order valence-corrected chi connectivity index (χ3v) is 9.21. The first-order chi connectivity index (χ1) is 22.6. The van der Waals surface area contributed by atoms with Crippen molar-refractivity contribution in [2.24, 2.45) is 11.3 Å². The third-order valence-electron chi connectivity index (χ3n) is 9.21. The Labute approximate surface area is 284 Å². The normalized spacial score (nSPS) is 17.4. The average molecular weight is 672 g/mol. The lowest BCUT2D eigenvalue weighted by molar-refractivity contribution is -0.0494. The number of likely N-dealkylation sites (tertiary alicyclic amines) is 1. The molecule has 0 bridgehead atoms. The van der Waals surface area contributed by atoms with E-state index < -0.39 is 23.6 Å². The molecule has 2 atom stereocenters. The lowest BCUT2D eigenvalue weighted by atomic mass is 9.76. The summed E-state index contributed by atoms with van der Waals surface area (Å²) < 4.78 is 26.0. The number of aliphatic hydroxyl groups is 1. The van der Waals surface area contributed by atoms with E-state index in [-0.39, 0.29) is 47.1 Å². The maximum atomic E-state index is 14.3.